The summed E-state index contributed by atoms with van der Waals surface area (Å²) in [6, 6.07) is 6.40. The number of hydrogen-bond acceptors (Lipinski definition) is 3. The molecule has 18 heavy (non-hydrogen) atoms. The van der Waals surface area contributed by atoms with Crippen LogP contribution in [0.5, 0.6) is 0 Å². The van der Waals surface area contributed by atoms with Crippen LogP contribution < -0.4 is 0 Å². The molecule has 1 unspecified atom stereocenters. The van der Waals surface area contributed by atoms with Gasteiger partial charge in [-0.1, -0.05) is 25.5 Å². The third kappa shape index (κ3) is 3.31. The number of nitrogens with zero attached hydrogens (tertiary/aromatic N) is 1. The van der Waals surface area contributed by atoms with Crippen molar-refractivity contribution in [3.63, 3.8) is 0 Å². The van der Waals surface area contributed by atoms with E-state index in [0.717, 1.165) is 12.8 Å². The van der Waals surface area contributed by atoms with Crippen LogP contribution in [-0.4, -0.2) is 30.9 Å². The molecular formula is C13H21NO3S. The van der Waals surface area contributed by atoms with E-state index in [1.165, 1.54) is 10.4 Å². The van der Waals surface area contributed by atoms with Gasteiger partial charge >= 0.3 is 0 Å². The fourth-order valence-electron chi connectivity index (χ4n) is 1.81. The predicted octanol–water partition coefficient (Wildman–Crippen LogP) is 1.99. The monoisotopic (exact) mass is 271 g/mol. The minimum absolute atomic E-state index is 0.0298. The standard InChI is InChI=1S/C13H21NO3S/c1-4-6-11(2)14(3)18(16,17)13-8-5-7-12(9-13)10-15/h5,7-9,11,15H,4,6,10H2,1-3H3. The van der Waals surface area contributed by atoms with Crippen LogP contribution in [0.25, 0.3) is 0 Å². The van der Waals surface area contributed by atoms with Gasteiger partial charge in [0.05, 0.1) is 11.5 Å². The molecule has 0 heterocycles. The number of sulfonamides is 1. The van der Waals surface area contributed by atoms with E-state index in [-0.39, 0.29) is 17.5 Å². The van der Waals surface area contributed by atoms with Gasteiger partial charge in [0, 0.05) is 13.1 Å². The number of aliphatic hydroxyl groups is 1. The molecule has 0 saturated heterocycles. The van der Waals surface area contributed by atoms with Gasteiger partial charge in [0.1, 0.15) is 0 Å². The molecule has 0 aliphatic heterocycles. The molecule has 0 radical (unpaired) electrons. The van der Waals surface area contributed by atoms with Gasteiger partial charge in [0.2, 0.25) is 10.0 Å². The zero-order chi connectivity index (χ0) is 13.8. The number of rotatable bonds is 6. The van der Waals surface area contributed by atoms with Gasteiger partial charge in [-0.05, 0) is 31.0 Å². The Morgan fingerprint density at radius 3 is 2.61 bits per heavy atom. The van der Waals surface area contributed by atoms with E-state index in [9.17, 15) is 8.42 Å². The Balaban J connectivity index is 3.05. The average Bonchev–Trinajstić information content (AvgIpc) is 2.38. The normalized spacial score (nSPS) is 13.8. The molecule has 1 rings (SSSR count). The van der Waals surface area contributed by atoms with Crippen LogP contribution in [-0.2, 0) is 16.6 Å². The van der Waals surface area contributed by atoms with Crippen LogP contribution in [0.15, 0.2) is 29.2 Å². The number of aliphatic hydroxyl groups excluding tert-OH is 1. The van der Waals surface area contributed by atoms with Crippen LogP contribution in [0.4, 0.5) is 0 Å². The van der Waals surface area contributed by atoms with E-state index in [2.05, 4.69) is 0 Å². The van der Waals surface area contributed by atoms with E-state index < -0.39 is 10.0 Å². The summed E-state index contributed by atoms with van der Waals surface area (Å²) in [6.07, 6.45) is 1.77. The molecule has 0 bridgehead atoms. The van der Waals surface area contributed by atoms with Crippen LogP contribution in [0, 0.1) is 0 Å². The molecule has 0 aliphatic rings. The van der Waals surface area contributed by atoms with Gasteiger partial charge in [-0.3, -0.25) is 0 Å². The van der Waals surface area contributed by atoms with E-state index in [4.69, 9.17) is 5.11 Å². The Labute approximate surface area is 109 Å². The van der Waals surface area contributed by atoms with Crippen molar-refractivity contribution in [2.24, 2.45) is 0 Å². The summed E-state index contributed by atoms with van der Waals surface area (Å²) in [5, 5.41) is 9.05. The lowest BCUT2D eigenvalue weighted by Crippen LogP contribution is -2.35. The molecule has 0 fully saturated rings. The fourth-order valence-corrected chi connectivity index (χ4v) is 3.27. The SMILES string of the molecule is CCCC(C)N(C)S(=O)(=O)c1cccc(CO)c1. The second-order valence-electron chi connectivity index (χ2n) is 4.46. The second kappa shape index (κ2) is 6.31. The number of hydrogen-bond donors (Lipinski definition) is 1. The average molecular weight is 271 g/mol. The van der Waals surface area contributed by atoms with Crippen LogP contribution in [0.3, 0.4) is 0 Å². The molecule has 0 aromatic heterocycles. The third-order valence-corrected chi connectivity index (χ3v) is 5.05. The van der Waals surface area contributed by atoms with Gasteiger partial charge in [-0.2, -0.15) is 4.31 Å². The fraction of sp³-hybridized carbons (Fsp3) is 0.538. The maximum atomic E-state index is 12.4. The molecule has 1 N–H and O–H groups in total. The van der Waals surface area contributed by atoms with Crippen molar-refractivity contribution in [2.45, 2.75) is 44.2 Å². The predicted molar refractivity (Wildman–Crippen MR) is 71.7 cm³/mol. The smallest absolute Gasteiger partial charge is 0.243 e. The largest absolute Gasteiger partial charge is 0.392 e. The Morgan fingerprint density at radius 2 is 2.06 bits per heavy atom. The lowest BCUT2D eigenvalue weighted by Gasteiger charge is -2.24. The molecule has 0 saturated carbocycles. The van der Waals surface area contributed by atoms with Crippen molar-refractivity contribution in [3.8, 4) is 0 Å². The molecular weight excluding hydrogens is 250 g/mol. The maximum absolute atomic E-state index is 12.4. The number of benzene rings is 1. The first-order chi connectivity index (χ1) is 8.43. The molecule has 4 nitrogen and oxygen atoms in total. The van der Waals surface area contributed by atoms with Crippen LogP contribution in [0.1, 0.15) is 32.3 Å². The van der Waals surface area contributed by atoms with Crippen LogP contribution in [0.2, 0.25) is 0 Å². The van der Waals surface area contributed by atoms with Crippen molar-refractivity contribution in [3.05, 3.63) is 29.8 Å². The quantitative estimate of drug-likeness (QED) is 0.861. The highest BCUT2D eigenvalue weighted by Gasteiger charge is 2.24. The van der Waals surface area contributed by atoms with Crippen molar-refractivity contribution in [1.29, 1.82) is 0 Å². The molecule has 1 aromatic carbocycles. The van der Waals surface area contributed by atoms with E-state index in [1.807, 2.05) is 13.8 Å². The van der Waals surface area contributed by atoms with E-state index in [0.29, 0.717) is 5.56 Å². The maximum Gasteiger partial charge on any atom is 0.243 e. The highest BCUT2D eigenvalue weighted by atomic mass is 32.2. The zero-order valence-corrected chi connectivity index (χ0v) is 11.9. The van der Waals surface area contributed by atoms with E-state index >= 15 is 0 Å². The Morgan fingerprint density at radius 1 is 1.39 bits per heavy atom. The molecule has 0 spiro atoms. The Hall–Kier alpha value is -0.910. The highest BCUT2D eigenvalue weighted by Crippen LogP contribution is 2.19. The lowest BCUT2D eigenvalue weighted by atomic mass is 10.2. The summed E-state index contributed by atoms with van der Waals surface area (Å²) in [5.41, 5.74) is 0.604. The van der Waals surface area contributed by atoms with Crippen molar-refractivity contribution >= 4 is 10.0 Å². The molecule has 1 aromatic rings. The summed E-state index contributed by atoms with van der Waals surface area (Å²) in [4.78, 5) is 0.236. The summed E-state index contributed by atoms with van der Waals surface area (Å²) < 4.78 is 26.1. The van der Waals surface area contributed by atoms with Gasteiger partial charge in [-0.15, -0.1) is 0 Å². The van der Waals surface area contributed by atoms with Crippen molar-refractivity contribution in [2.75, 3.05) is 7.05 Å². The minimum atomic E-state index is -3.47. The zero-order valence-electron chi connectivity index (χ0n) is 11.1. The summed E-state index contributed by atoms with van der Waals surface area (Å²) >= 11 is 0. The first-order valence-electron chi connectivity index (χ1n) is 6.11. The van der Waals surface area contributed by atoms with Gasteiger partial charge in [0.25, 0.3) is 0 Å². The molecule has 5 heteroatoms. The third-order valence-electron chi connectivity index (χ3n) is 3.09. The molecule has 1 atom stereocenters. The summed E-state index contributed by atoms with van der Waals surface area (Å²) in [6.45, 7) is 3.78. The molecule has 0 amide bonds. The lowest BCUT2D eigenvalue weighted by molar-refractivity contribution is 0.281. The first-order valence-corrected chi connectivity index (χ1v) is 7.55. The van der Waals surface area contributed by atoms with Gasteiger partial charge < -0.3 is 5.11 Å². The topological polar surface area (TPSA) is 57.6 Å². The van der Waals surface area contributed by atoms with E-state index in [1.54, 1.807) is 25.2 Å². The summed E-state index contributed by atoms with van der Waals surface area (Å²) in [7, 11) is -1.87. The van der Waals surface area contributed by atoms with Crippen molar-refractivity contribution < 1.29 is 13.5 Å². The first kappa shape index (κ1) is 15.1. The van der Waals surface area contributed by atoms with Crippen LogP contribution >= 0.6 is 0 Å². The van der Waals surface area contributed by atoms with Gasteiger partial charge in [0.15, 0.2) is 0 Å². The summed E-state index contributed by atoms with van der Waals surface area (Å²) in [5.74, 6) is 0. The minimum Gasteiger partial charge on any atom is -0.392 e. The Bertz CT molecular complexity index is 485. The highest BCUT2D eigenvalue weighted by molar-refractivity contribution is 7.89. The van der Waals surface area contributed by atoms with Gasteiger partial charge in [-0.25, -0.2) is 8.42 Å². The Kier molecular flexibility index (Phi) is 5.31. The molecule has 102 valence electrons. The second-order valence-corrected chi connectivity index (χ2v) is 6.46. The molecule has 0 aliphatic carbocycles. The van der Waals surface area contributed by atoms with Crippen molar-refractivity contribution in [1.82, 2.24) is 4.31 Å².